The number of nitrogens with zero attached hydrogens (tertiary/aromatic N) is 2. The monoisotopic (exact) mass is 470 g/mol. The van der Waals surface area contributed by atoms with Crippen LogP contribution < -0.4 is 10.6 Å². The average Bonchev–Trinajstić information content (AvgIpc) is 3.11. The van der Waals surface area contributed by atoms with Crippen molar-refractivity contribution in [2.75, 3.05) is 45.2 Å². The first-order valence-corrected chi connectivity index (χ1v) is 8.56. The number of anilines is 1. The van der Waals surface area contributed by atoms with Crippen molar-refractivity contribution < 1.29 is 9.53 Å². The minimum absolute atomic E-state index is 0. The fourth-order valence-corrected chi connectivity index (χ4v) is 2.70. The zero-order valence-electron chi connectivity index (χ0n) is 15.3. The van der Waals surface area contributed by atoms with Crippen molar-refractivity contribution in [3.8, 4) is 12.3 Å². The first-order chi connectivity index (χ1) is 12.1. The lowest BCUT2D eigenvalue weighted by Crippen LogP contribution is -2.42. The van der Waals surface area contributed by atoms with Crippen LogP contribution in [0.15, 0.2) is 29.3 Å². The summed E-state index contributed by atoms with van der Waals surface area (Å²) in [5.41, 5.74) is 1.41. The van der Waals surface area contributed by atoms with Crippen LogP contribution in [-0.2, 0) is 9.53 Å². The molecule has 2 N–H and O–H groups in total. The van der Waals surface area contributed by atoms with Crippen LogP contribution in [0.4, 0.5) is 5.69 Å². The summed E-state index contributed by atoms with van der Waals surface area (Å²) in [6.07, 6.45) is 6.44. The summed E-state index contributed by atoms with van der Waals surface area (Å²) in [6.45, 7) is 5.27. The second-order valence-corrected chi connectivity index (χ2v) is 6.05. The van der Waals surface area contributed by atoms with Crippen LogP contribution in [0.2, 0.25) is 0 Å². The Morgan fingerprint density at radius 3 is 2.96 bits per heavy atom. The summed E-state index contributed by atoms with van der Waals surface area (Å²) in [6, 6.07) is 7.20. The van der Waals surface area contributed by atoms with E-state index in [1.165, 1.54) is 0 Å². The highest BCUT2D eigenvalue weighted by Gasteiger charge is 2.19. The maximum Gasteiger partial charge on any atom is 0.246 e. The summed E-state index contributed by atoms with van der Waals surface area (Å²) in [7, 11) is 1.98. The molecule has 1 aromatic carbocycles. The molecule has 0 radical (unpaired) electrons. The van der Waals surface area contributed by atoms with Gasteiger partial charge in [0, 0.05) is 43.9 Å². The molecule has 1 amide bonds. The Balaban J connectivity index is 0.00000338. The summed E-state index contributed by atoms with van der Waals surface area (Å²) < 4.78 is 5.42. The average molecular weight is 470 g/mol. The number of carbonyl (C=O) groups excluding carboxylic acids is 1. The number of hydrogen-bond acceptors (Lipinski definition) is 3. The maximum absolute atomic E-state index is 12.2. The minimum atomic E-state index is -0.179. The third-order valence-corrected chi connectivity index (χ3v) is 3.94. The van der Waals surface area contributed by atoms with Crippen LogP contribution in [0.25, 0.3) is 0 Å². The fraction of sp³-hybridized carbons (Fsp3) is 0.474. The Morgan fingerprint density at radius 1 is 1.50 bits per heavy atom. The number of nitrogens with one attached hydrogen (secondary N) is 2. The molecular weight excluding hydrogens is 443 g/mol. The normalized spacial score (nSPS) is 16.3. The van der Waals surface area contributed by atoms with E-state index in [-0.39, 0.29) is 36.4 Å². The van der Waals surface area contributed by atoms with Crippen molar-refractivity contribution in [3.63, 3.8) is 0 Å². The second kappa shape index (κ2) is 11.8. The first kappa shape index (κ1) is 22.3. The van der Waals surface area contributed by atoms with Gasteiger partial charge in [0.2, 0.25) is 5.91 Å². The quantitative estimate of drug-likeness (QED) is 0.290. The lowest BCUT2D eigenvalue weighted by atomic mass is 10.1. The molecule has 2 rings (SSSR count). The molecule has 0 spiro atoms. The lowest BCUT2D eigenvalue weighted by Gasteiger charge is -2.24. The first-order valence-electron chi connectivity index (χ1n) is 8.56. The topological polar surface area (TPSA) is 66.0 Å². The SMILES string of the molecule is C#Cc1cccc(NC(=O)CN=C(NCC)N(C)CC2CCOC2)c1.I. The number of carbonyl (C=O) groups is 1. The highest BCUT2D eigenvalue weighted by molar-refractivity contribution is 14.0. The van der Waals surface area contributed by atoms with Crippen LogP contribution in [0.3, 0.4) is 0 Å². The molecular formula is C19H27IN4O2. The molecule has 26 heavy (non-hydrogen) atoms. The zero-order valence-corrected chi connectivity index (χ0v) is 17.7. The smallest absolute Gasteiger partial charge is 0.246 e. The van der Waals surface area contributed by atoms with Crippen LogP contribution >= 0.6 is 24.0 Å². The summed E-state index contributed by atoms with van der Waals surface area (Å²) in [5, 5.41) is 6.04. The van der Waals surface area contributed by atoms with Crippen molar-refractivity contribution >= 4 is 41.5 Å². The van der Waals surface area contributed by atoms with Gasteiger partial charge in [0.25, 0.3) is 0 Å². The molecule has 6 nitrogen and oxygen atoms in total. The molecule has 1 heterocycles. The van der Waals surface area contributed by atoms with Gasteiger partial charge in [-0.2, -0.15) is 0 Å². The molecule has 1 aliphatic heterocycles. The van der Waals surface area contributed by atoms with Gasteiger partial charge in [0.05, 0.1) is 6.61 Å². The van der Waals surface area contributed by atoms with Gasteiger partial charge in [0.1, 0.15) is 6.54 Å². The third-order valence-electron chi connectivity index (χ3n) is 3.94. The Bertz CT molecular complexity index is 651. The molecule has 0 aromatic heterocycles. The summed E-state index contributed by atoms with van der Waals surface area (Å²) >= 11 is 0. The van der Waals surface area contributed by atoms with Gasteiger partial charge in [0.15, 0.2) is 5.96 Å². The lowest BCUT2D eigenvalue weighted by molar-refractivity contribution is -0.114. The van der Waals surface area contributed by atoms with Gasteiger partial charge in [-0.25, -0.2) is 4.99 Å². The molecule has 1 aromatic rings. The highest BCUT2D eigenvalue weighted by Crippen LogP contribution is 2.13. The van der Waals surface area contributed by atoms with Crippen molar-refractivity contribution in [1.29, 1.82) is 0 Å². The van der Waals surface area contributed by atoms with Crippen molar-refractivity contribution in [2.45, 2.75) is 13.3 Å². The predicted molar refractivity (Wildman–Crippen MR) is 116 cm³/mol. The van der Waals surface area contributed by atoms with Gasteiger partial charge < -0.3 is 20.3 Å². The molecule has 1 saturated heterocycles. The minimum Gasteiger partial charge on any atom is -0.381 e. The Labute approximate surface area is 172 Å². The molecule has 1 aliphatic rings. The number of ether oxygens (including phenoxy) is 1. The van der Waals surface area contributed by atoms with Gasteiger partial charge >= 0.3 is 0 Å². The number of hydrogen-bond donors (Lipinski definition) is 2. The van der Waals surface area contributed by atoms with E-state index in [0.29, 0.717) is 11.6 Å². The summed E-state index contributed by atoms with van der Waals surface area (Å²) in [4.78, 5) is 18.6. The molecule has 0 saturated carbocycles. The van der Waals surface area contributed by atoms with Crippen LogP contribution in [0.5, 0.6) is 0 Å². The van der Waals surface area contributed by atoms with E-state index in [4.69, 9.17) is 11.2 Å². The van der Waals surface area contributed by atoms with Crippen LogP contribution in [-0.4, -0.2) is 56.7 Å². The highest BCUT2D eigenvalue weighted by atomic mass is 127. The number of rotatable bonds is 6. The van der Waals surface area contributed by atoms with E-state index in [1.54, 1.807) is 12.1 Å². The Kier molecular flexibility index (Phi) is 10.1. The molecule has 1 unspecified atom stereocenters. The molecule has 142 valence electrons. The Morgan fingerprint density at radius 2 is 2.31 bits per heavy atom. The van der Waals surface area contributed by atoms with E-state index >= 15 is 0 Å². The van der Waals surface area contributed by atoms with Gasteiger partial charge in [-0.15, -0.1) is 30.4 Å². The number of amides is 1. The van der Waals surface area contributed by atoms with Gasteiger partial charge in [-0.3, -0.25) is 4.79 Å². The van der Waals surface area contributed by atoms with Gasteiger partial charge in [-0.05, 0) is 31.5 Å². The molecule has 0 bridgehead atoms. The van der Waals surface area contributed by atoms with Crippen molar-refractivity contribution in [2.24, 2.45) is 10.9 Å². The molecule has 7 heteroatoms. The van der Waals surface area contributed by atoms with Crippen molar-refractivity contribution in [1.82, 2.24) is 10.2 Å². The van der Waals surface area contributed by atoms with Crippen molar-refractivity contribution in [3.05, 3.63) is 29.8 Å². The number of guanidine groups is 1. The van der Waals surface area contributed by atoms with E-state index in [2.05, 4.69) is 26.4 Å². The number of terminal acetylenes is 1. The fourth-order valence-electron chi connectivity index (χ4n) is 2.70. The zero-order chi connectivity index (χ0) is 18.1. The number of aliphatic imine (C=N–C) groups is 1. The molecule has 1 atom stereocenters. The van der Waals surface area contributed by atoms with Gasteiger partial charge in [-0.1, -0.05) is 12.0 Å². The second-order valence-electron chi connectivity index (χ2n) is 6.05. The number of halogens is 1. The number of benzene rings is 1. The molecule has 0 aliphatic carbocycles. The van der Waals surface area contributed by atoms with E-state index < -0.39 is 0 Å². The van der Waals surface area contributed by atoms with Crippen LogP contribution in [0.1, 0.15) is 18.9 Å². The molecule has 1 fully saturated rings. The Hall–Kier alpha value is -1.79. The third kappa shape index (κ3) is 7.22. The van der Waals surface area contributed by atoms with E-state index in [1.807, 2.05) is 26.1 Å². The van der Waals surface area contributed by atoms with E-state index in [0.717, 1.165) is 44.2 Å². The maximum atomic E-state index is 12.2. The largest absolute Gasteiger partial charge is 0.381 e. The summed E-state index contributed by atoms with van der Waals surface area (Å²) in [5.74, 6) is 3.61. The van der Waals surface area contributed by atoms with Crippen LogP contribution in [0, 0.1) is 18.3 Å². The predicted octanol–water partition coefficient (Wildman–Crippen LogP) is 2.16. The van der Waals surface area contributed by atoms with E-state index in [9.17, 15) is 4.79 Å². The standard InChI is InChI=1S/C19H26N4O2.HI/c1-4-15-7-6-8-17(11-15)22-18(24)12-21-19(20-5-2)23(3)13-16-9-10-25-14-16;/h1,6-8,11,16H,5,9-10,12-14H2,2-3H3,(H,20,21)(H,22,24);1H.